The fourth-order valence-electron chi connectivity index (χ4n) is 2.95. The monoisotopic (exact) mass is 291 g/mol. The van der Waals surface area contributed by atoms with Crippen LogP contribution in [-0.2, 0) is 0 Å². The Morgan fingerprint density at radius 2 is 1.52 bits per heavy atom. The summed E-state index contributed by atoms with van der Waals surface area (Å²) in [5.74, 6) is 1.40. The van der Waals surface area contributed by atoms with Crippen molar-refractivity contribution >= 4 is 0 Å². The number of hydrogen-bond acceptors (Lipinski definition) is 1. The molecule has 1 nitrogen and oxygen atoms in total. The van der Waals surface area contributed by atoms with Crippen molar-refractivity contribution < 1.29 is 0 Å². The minimum atomic E-state index is 0.122. The molecule has 0 rings (SSSR count). The molecule has 0 aromatic rings. The number of hydrogen-bond donors (Lipinski definition) is 1. The molecule has 0 aromatic heterocycles. The van der Waals surface area contributed by atoms with E-state index in [4.69, 9.17) is 5.73 Å². The highest BCUT2D eigenvalue weighted by Crippen LogP contribution is 2.37. The maximum Gasteiger partial charge on any atom is 0.00664 e. The van der Waals surface area contributed by atoms with Gasteiger partial charge in [0.05, 0.1) is 0 Å². The van der Waals surface area contributed by atoms with Crippen LogP contribution in [0.2, 0.25) is 0 Å². The summed E-state index contributed by atoms with van der Waals surface area (Å²) in [7, 11) is 0. The fourth-order valence-corrected chi connectivity index (χ4v) is 2.95. The Labute approximate surface area is 133 Å². The van der Waals surface area contributed by atoms with Crippen LogP contribution in [0.25, 0.3) is 0 Å². The van der Waals surface area contributed by atoms with Crippen LogP contribution in [0, 0.1) is 23.2 Å². The minimum Gasteiger partial charge on any atom is -0.327 e. The second kappa shape index (κ2) is 7.98. The SMILES string of the molecule is C=C(C)C(C(C)C)[C@@H](C(=C)C)/C(C)=C/CC(C)(C)[C@H](C)N. The first-order chi connectivity index (χ1) is 9.41. The molecule has 0 aliphatic carbocycles. The van der Waals surface area contributed by atoms with E-state index in [1.807, 2.05) is 0 Å². The van der Waals surface area contributed by atoms with Gasteiger partial charge in [-0.05, 0) is 51.4 Å². The summed E-state index contributed by atoms with van der Waals surface area (Å²) in [5.41, 5.74) is 10.1. The molecular weight excluding hydrogens is 254 g/mol. The molecule has 0 saturated carbocycles. The molecule has 0 spiro atoms. The summed E-state index contributed by atoms with van der Waals surface area (Å²) >= 11 is 0. The van der Waals surface area contributed by atoms with Crippen LogP contribution in [0.5, 0.6) is 0 Å². The minimum absolute atomic E-state index is 0.122. The van der Waals surface area contributed by atoms with E-state index in [9.17, 15) is 0 Å². The summed E-state index contributed by atoms with van der Waals surface area (Å²) in [4.78, 5) is 0. The topological polar surface area (TPSA) is 26.0 Å². The second-order valence-corrected chi connectivity index (χ2v) is 7.87. The molecule has 1 heteroatoms. The van der Waals surface area contributed by atoms with E-state index in [0.717, 1.165) is 6.42 Å². The first-order valence-electron chi connectivity index (χ1n) is 8.14. The lowest BCUT2D eigenvalue weighted by molar-refractivity contribution is 0.302. The molecule has 21 heavy (non-hydrogen) atoms. The molecule has 0 fully saturated rings. The molecule has 1 unspecified atom stereocenters. The van der Waals surface area contributed by atoms with E-state index in [1.165, 1.54) is 16.7 Å². The van der Waals surface area contributed by atoms with Crippen molar-refractivity contribution in [1.29, 1.82) is 0 Å². The molecule has 0 aliphatic rings. The Balaban J connectivity index is 5.39. The van der Waals surface area contributed by atoms with Crippen molar-refractivity contribution in [3.8, 4) is 0 Å². The largest absolute Gasteiger partial charge is 0.327 e. The van der Waals surface area contributed by atoms with Crippen molar-refractivity contribution in [1.82, 2.24) is 0 Å². The van der Waals surface area contributed by atoms with Crippen LogP contribution in [0.4, 0.5) is 0 Å². The van der Waals surface area contributed by atoms with Crippen molar-refractivity contribution in [3.63, 3.8) is 0 Å². The Morgan fingerprint density at radius 1 is 1.05 bits per heavy atom. The van der Waals surface area contributed by atoms with Gasteiger partial charge < -0.3 is 5.73 Å². The van der Waals surface area contributed by atoms with Crippen molar-refractivity contribution in [3.05, 3.63) is 36.0 Å². The molecular formula is C20H37N. The smallest absolute Gasteiger partial charge is 0.00664 e. The average molecular weight is 292 g/mol. The zero-order chi connectivity index (χ0) is 17.0. The van der Waals surface area contributed by atoms with Crippen LogP contribution in [0.3, 0.4) is 0 Å². The van der Waals surface area contributed by atoms with Crippen LogP contribution >= 0.6 is 0 Å². The van der Waals surface area contributed by atoms with E-state index in [0.29, 0.717) is 17.8 Å². The van der Waals surface area contributed by atoms with Crippen LogP contribution in [0.15, 0.2) is 36.0 Å². The molecule has 122 valence electrons. The standard InChI is InChI=1S/C20H37N/c1-13(2)18(14(3)4)19(15(5)6)16(7)11-12-20(9,10)17(8)21/h11,14,17-19H,1,5,12,21H2,2-4,6-10H3/b16-11+/t17-,18?,19-/m0/s1. The third-order valence-corrected chi connectivity index (χ3v) is 4.85. The van der Waals surface area contributed by atoms with Crippen LogP contribution in [-0.4, -0.2) is 6.04 Å². The highest BCUT2D eigenvalue weighted by atomic mass is 14.7. The van der Waals surface area contributed by atoms with Gasteiger partial charge in [-0.3, -0.25) is 0 Å². The zero-order valence-corrected chi connectivity index (χ0v) is 15.6. The van der Waals surface area contributed by atoms with Gasteiger partial charge in [0.2, 0.25) is 0 Å². The fraction of sp³-hybridized carbons (Fsp3) is 0.700. The van der Waals surface area contributed by atoms with Gasteiger partial charge in [0.1, 0.15) is 0 Å². The van der Waals surface area contributed by atoms with Gasteiger partial charge in [0, 0.05) is 12.0 Å². The van der Waals surface area contributed by atoms with E-state index in [1.54, 1.807) is 0 Å². The normalized spacial score (nSPS) is 17.5. The maximum atomic E-state index is 6.09. The quantitative estimate of drug-likeness (QED) is 0.567. The zero-order valence-electron chi connectivity index (χ0n) is 15.6. The van der Waals surface area contributed by atoms with Crippen molar-refractivity contribution in [2.75, 3.05) is 0 Å². The summed E-state index contributed by atoms with van der Waals surface area (Å²) < 4.78 is 0. The number of nitrogens with two attached hydrogens (primary N) is 1. The number of allylic oxidation sites excluding steroid dienone is 4. The first-order valence-corrected chi connectivity index (χ1v) is 8.14. The van der Waals surface area contributed by atoms with E-state index in [2.05, 4.69) is 74.6 Å². The predicted octanol–water partition coefficient (Wildman–Crippen LogP) is 5.74. The molecule has 0 radical (unpaired) electrons. The first kappa shape index (κ1) is 20.2. The van der Waals surface area contributed by atoms with Gasteiger partial charge in [0.15, 0.2) is 0 Å². The highest BCUT2D eigenvalue weighted by molar-refractivity contribution is 5.23. The maximum absolute atomic E-state index is 6.09. The van der Waals surface area contributed by atoms with Gasteiger partial charge in [-0.2, -0.15) is 0 Å². The molecule has 0 aromatic carbocycles. The van der Waals surface area contributed by atoms with Gasteiger partial charge in [0.25, 0.3) is 0 Å². The Bertz CT molecular complexity index is 396. The third-order valence-electron chi connectivity index (χ3n) is 4.85. The Kier molecular flexibility index (Phi) is 7.67. The van der Waals surface area contributed by atoms with Crippen molar-refractivity contribution in [2.45, 2.75) is 67.9 Å². The molecule has 0 amide bonds. The third kappa shape index (κ3) is 5.82. The van der Waals surface area contributed by atoms with E-state index in [-0.39, 0.29) is 11.5 Å². The molecule has 0 heterocycles. The molecule has 2 N–H and O–H groups in total. The van der Waals surface area contributed by atoms with E-state index < -0.39 is 0 Å². The lowest BCUT2D eigenvalue weighted by Gasteiger charge is -2.33. The molecule has 0 bridgehead atoms. The highest BCUT2D eigenvalue weighted by Gasteiger charge is 2.28. The van der Waals surface area contributed by atoms with E-state index >= 15 is 0 Å². The Hall–Kier alpha value is -0.820. The molecule has 0 saturated heterocycles. The molecule has 0 aliphatic heterocycles. The summed E-state index contributed by atoms with van der Waals surface area (Å²) in [6.07, 6.45) is 3.36. The van der Waals surface area contributed by atoms with Gasteiger partial charge in [-0.15, -0.1) is 0 Å². The van der Waals surface area contributed by atoms with Crippen LogP contribution in [0.1, 0.15) is 61.8 Å². The summed E-state index contributed by atoms with van der Waals surface area (Å²) in [5, 5.41) is 0. The lowest BCUT2D eigenvalue weighted by Crippen LogP contribution is -2.34. The lowest BCUT2D eigenvalue weighted by atomic mass is 9.72. The Morgan fingerprint density at radius 3 is 1.81 bits per heavy atom. The summed E-state index contributed by atoms with van der Waals surface area (Å²) in [6, 6.07) is 0.187. The number of rotatable bonds is 8. The van der Waals surface area contributed by atoms with Crippen LogP contribution < -0.4 is 5.73 Å². The average Bonchev–Trinajstić information content (AvgIpc) is 2.31. The van der Waals surface area contributed by atoms with Gasteiger partial charge >= 0.3 is 0 Å². The van der Waals surface area contributed by atoms with Gasteiger partial charge in [-0.25, -0.2) is 0 Å². The van der Waals surface area contributed by atoms with Crippen molar-refractivity contribution in [2.24, 2.45) is 28.9 Å². The predicted molar refractivity (Wildman–Crippen MR) is 97.3 cm³/mol. The molecule has 3 atom stereocenters. The summed E-state index contributed by atoms with van der Waals surface area (Å²) in [6.45, 7) is 26.0. The van der Waals surface area contributed by atoms with Gasteiger partial charge in [-0.1, -0.05) is 63.6 Å². The second-order valence-electron chi connectivity index (χ2n) is 7.87.